The van der Waals surface area contributed by atoms with Crippen LogP contribution in [0.2, 0.25) is 0 Å². The van der Waals surface area contributed by atoms with Crippen molar-refractivity contribution in [1.82, 2.24) is 10.6 Å². The second-order valence-electron chi connectivity index (χ2n) is 6.04. The van der Waals surface area contributed by atoms with Gasteiger partial charge >= 0.3 is 0 Å². The summed E-state index contributed by atoms with van der Waals surface area (Å²) < 4.78 is 43.8. The SMILES string of the molecule is CCCC[C@](F)(CS)NC[C@](F)(CS)CC[C@](F)(CS)NCC. The topological polar surface area (TPSA) is 24.1 Å². The molecule has 2 nitrogen and oxygen atoms in total. The van der Waals surface area contributed by atoms with E-state index in [0.717, 1.165) is 6.42 Å². The minimum absolute atomic E-state index is 0.0310. The lowest BCUT2D eigenvalue weighted by molar-refractivity contribution is 0.0637. The van der Waals surface area contributed by atoms with Gasteiger partial charge in [0.1, 0.15) is 5.67 Å². The Morgan fingerprint density at radius 1 is 0.783 bits per heavy atom. The van der Waals surface area contributed by atoms with Gasteiger partial charge in [-0.05, 0) is 32.2 Å². The third kappa shape index (κ3) is 9.14. The third-order valence-corrected chi connectivity index (χ3v) is 5.47. The second kappa shape index (κ2) is 11.4. The number of hydrogen-bond donors (Lipinski definition) is 5. The maximum atomic E-state index is 14.9. The summed E-state index contributed by atoms with van der Waals surface area (Å²) in [7, 11) is 0. The molecule has 0 rings (SSSR count). The third-order valence-electron chi connectivity index (χ3n) is 3.90. The molecule has 0 aliphatic rings. The highest BCUT2D eigenvalue weighted by molar-refractivity contribution is 7.80. The fourth-order valence-corrected chi connectivity index (χ4v) is 2.99. The van der Waals surface area contributed by atoms with Gasteiger partial charge in [-0.2, -0.15) is 37.9 Å². The first kappa shape index (κ1) is 23.8. The molecule has 8 heteroatoms. The molecule has 0 aliphatic carbocycles. The molecular formula is C15H31F3N2S3. The summed E-state index contributed by atoms with van der Waals surface area (Å²) in [6.07, 6.45) is 1.71. The highest BCUT2D eigenvalue weighted by Crippen LogP contribution is 2.28. The van der Waals surface area contributed by atoms with Crippen LogP contribution in [0.4, 0.5) is 13.2 Å². The van der Waals surface area contributed by atoms with Gasteiger partial charge in [0.25, 0.3) is 0 Å². The molecule has 0 radical (unpaired) electrons. The molecule has 0 aromatic heterocycles. The average molecular weight is 393 g/mol. The van der Waals surface area contributed by atoms with Crippen molar-refractivity contribution in [2.75, 3.05) is 30.3 Å². The summed E-state index contributed by atoms with van der Waals surface area (Å²) in [6, 6.07) is 0. The highest BCUT2D eigenvalue weighted by atomic mass is 32.1. The van der Waals surface area contributed by atoms with Crippen molar-refractivity contribution < 1.29 is 13.2 Å². The van der Waals surface area contributed by atoms with Crippen LogP contribution in [0.3, 0.4) is 0 Å². The summed E-state index contributed by atoms with van der Waals surface area (Å²) in [4.78, 5) is 0. The monoisotopic (exact) mass is 392 g/mol. The zero-order valence-corrected chi connectivity index (χ0v) is 16.7. The van der Waals surface area contributed by atoms with Crippen LogP contribution in [0, 0.1) is 0 Å². The Kier molecular flexibility index (Phi) is 11.8. The van der Waals surface area contributed by atoms with Gasteiger partial charge < -0.3 is 0 Å². The molecule has 0 aromatic rings. The van der Waals surface area contributed by atoms with Crippen LogP contribution in [0.25, 0.3) is 0 Å². The van der Waals surface area contributed by atoms with Crippen LogP contribution in [-0.4, -0.2) is 47.6 Å². The summed E-state index contributed by atoms with van der Waals surface area (Å²) >= 11 is 12.0. The number of alkyl halides is 3. The summed E-state index contributed by atoms with van der Waals surface area (Å²) in [5.74, 6) is -3.62. The lowest BCUT2D eigenvalue weighted by atomic mass is 9.96. The van der Waals surface area contributed by atoms with Gasteiger partial charge in [0.05, 0.1) is 0 Å². The van der Waals surface area contributed by atoms with Crippen molar-refractivity contribution in [1.29, 1.82) is 0 Å². The van der Waals surface area contributed by atoms with Crippen molar-refractivity contribution in [2.24, 2.45) is 0 Å². The van der Waals surface area contributed by atoms with E-state index in [2.05, 4.69) is 48.5 Å². The van der Waals surface area contributed by atoms with Crippen molar-refractivity contribution in [3.8, 4) is 0 Å². The van der Waals surface area contributed by atoms with Crippen molar-refractivity contribution in [3.63, 3.8) is 0 Å². The Balaban J connectivity index is 4.64. The van der Waals surface area contributed by atoms with E-state index in [1.54, 1.807) is 6.92 Å². The van der Waals surface area contributed by atoms with E-state index in [1.807, 2.05) is 6.92 Å². The predicted molar refractivity (Wildman–Crippen MR) is 104 cm³/mol. The van der Waals surface area contributed by atoms with Crippen LogP contribution < -0.4 is 10.6 Å². The minimum atomic E-state index is -1.79. The smallest absolute Gasteiger partial charge is 0.170 e. The fraction of sp³-hybridized carbons (Fsp3) is 1.00. The van der Waals surface area contributed by atoms with E-state index in [1.165, 1.54) is 0 Å². The molecule has 0 fully saturated rings. The molecule has 0 spiro atoms. The van der Waals surface area contributed by atoms with Crippen LogP contribution in [0.15, 0.2) is 0 Å². The number of rotatable bonds is 14. The Morgan fingerprint density at radius 2 is 1.35 bits per heavy atom. The molecule has 0 saturated heterocycles. The zero-order valence-electron chi connectivity index (χ0n) is 14.0. The largest absolute Gasteiger partial charge is 0.285 e. The van der Waals surface area contributed by atoms with Gasteiger partial charge in [0.2, 0.25) is 0 Å². The molecule has 0 heterocycles. The number of nitrogens with one attached hydrogen (secondary N) is 2. The van der Waals surface area contributed by atoms with Gasteiger partial charge in [-0.25, -0.2) is 13.2 Å². The van der Waals surface area contributed by atoms with E-state index in [4.69, 9.17) is 0 Å². The summed E-state index contributed by atoms with van der Waals surface area (Å²) in [5.41, 5.74) is -1.79. The Hall–Kier alpha value is 0.760. The Morgan fingerprint density at radius 3 is 1.78 bits per heavy atom. The molecule has 0 saturated carbocycles. The average Bonchev–Trinajstić information content (AvgIpc) is 2.56. The minimum Gasteiger partial charge on any atom is -0.285 e. The van der Waals surface area contributed by atoms with Gasteiger partial charge in [-0.15, -0.1) is 0 Å². The second-order valence-corrected chi connectivity index (χ2v) is 6.99. The van der Waals surface area contributed by atoms with E-state index >= 15 is 0 Å². The lowest BCUT2D eigenvalue weighted by Crippen LogP contribution is -2.51. The number of thiol groups is 3. The number of hydrogen-bond acceptors (Lipinski definition) is 5. The maximum Gasteiger partial charge on any atom is 0.170 e. The van der Waals surface area contributed by atoms with Gasteiger partial charge in [-0.1, -0.05) is 20.3 Å². The molecule has 0 amide bonds. The quantitative estimate of drug-likeness (QED) is 0.228. The Bertz CT molecular complexity index is 328. The summed E-state index contributed by atoms with van der Waals surface area (Å²) in [5, 5.41) is 5.30. The van der Waals surface area contributed by atoms with Crippen LogP contribution in [0.1, 0.15) is 46.0 Å². The van der Waals surface area contributed by atoms with E-state index in [9.17, 15) is 13.2 Å². The van der Waals surface area contributed by atoms with Crippen LogP contribution in [-0.2, 0) is 0 Å². The molecule has 140 valence electrons. The molecule has 0 bridgehead atoms. The Labute approximate surface area is 155 Å². The van der Waals surface area contributed by atoms with Crippen LogP contribution in [0.5, 0.6) is 0 Å². The molecular weight excluding hydrogens is 361 g/mol. The molecule has 23 heavy (non-hydrogen) atoms. The molecule has 2 N–H and O–H groups in total. The van der Waals surface area contributed by atoms with E-state index in [0.29, 0.717) is 13.0 Å². The van der Waals surface area contributed by atoms with Crippen molar-refractivity contribution >= 4 is 37.9 Å². The number of unbranched alkanes of at least 4 members (excludes halogenated alkanes) is 1. The molecule has 0 aliphatic heterocycles. The first-order valence-electron chi connectivity index (χ1n) is 8.11. The standard InChI is InChI=1S/C15H31F3N2S3/c1-3-5-6-14(17,11-22)20-9-13(16,10-21)7-8-15(18,12-23)19-4-2/h19-23H,3-12H2,1-2H3/t13-,14+,15+/m0/s1. The number of halogens is 3. The molecule has 3 atom stereocenters. The predicted octanol–water partition coefficient (Wildman–Crippen LogP) is 3.99. The maximum absolute atomic E-state index is 14.9. The van der Waals surface area contributed by atoms with Crippen LogP contribution >= 0.6 is 37.9 Å². The van der Waals surface area contributed by atoms with Crippen molar-refractivity contribution in [2.45, 2.75) is 63.2 Å². The normalized spacial score (nSPS) is 19.8. The summed E-state index contributed by atoms with van der Waals surface area (Å²) in [6.45, 7) is 3.95. The lowest BCUT2D eigenvalue weighted by Gasteiger charge is -2.33. The van der Waals surface area contributed by atoms with Gasteiger partial charge in [0.15, 0.2) is 11.6 Å². The van der Waals surface area contributed by atoms with Crippen molar-refractivity contribution in [3.05, 3.63) is 0 Å². The van der Waals surface area contributed by atoms with E-state index in [-0.39, 0.29) is 43.1 Å². The molecule has 0 aromatic carbocycles. The first-order valence-corrected chi connectivity index (χ1v) is 10.0. The molecule has 0 unspecified atom stereocenters. The van der Waals surface area contributed by atoms with Gasteiger partial charge in [0, 0.05) is 23.8 Å². The van der Waals surface area contributed by atoms with E-state index < -0.39 is 17.3 Å². The highest BCUT2D eigenvalue weighted by Gasteiger charge is 2.37. The first-order chi connectivity index (χ1) is 10.7. The fourth-order valence-electron chi connectivity index (χ4n) is 2.18. The zero-order chi connectivity index (χ0) is 18.0. The van der Waals surface area contributed by atoms with Gasteiger partial charge in [-0.3, -0.25) is 10.6 Å².